The third-order valence-corrected chi connectivity index (χ3v) is 46.6. The maximum Gasteiger partial charge on any atom is 0.0716 e. The second kappa shape index (κ2) is 7.68. The summed E-state index contributed by atoms with van der Waals surface area (Å²) in [5.41, 5.74) is 1.69. The van der Waals surface area contributed by atoms with E-state index in [0.717, 1.165) is 7.52 Å². The molecule has 5 aliphatic rings. The van der Waals surface area contributed by atoms with Crippen LogP contribution in [-0.4, -0.2) is 44.1 Å². The monoisotopic (exact) mass is 515 g/mol. The van der Waals surface area contributed by atoms with Gasteiger partial charge in [-0.25, -0.2) is 5.28 Å². The van der Waals surface area contributed by atoms with Gasteiger partial charge in [-0.15, -0.1) is 22.4 Å². The zero-order valence-corrected chi connectivity index (χ0v) is 28.4. The summed E-state index contributed by atoms with van der Waals surface area (Å²) in [7, 11) is 1.48. The molecule has 179 valence electrons. The molecular weight excluding hydrogens is 463 g/mol. The molecule has 4 bridgehead atoms. The van der Waals surface area contributed by atoms with Gasteiger partial charge in [0.15, 0.2) is 0 Å². The highest BCUT2D eigenvalue weighted by Gasteiger charge is 2.90. The van der Waals surface area contributed by atoms with E-state index in [1.807, 2.05) is 12.9 Å². The van der Waals surface area contributed by atoms with Gasteiger partial charge in [0.1, 0.15) is 0 Å². The Morgan fingerprint density at radius 3 is 1.52 bits per heavy atom. The minimum atomic E-state index is -1.23. The Balaban J connectivity index is 2.61. The average molecular weight is 516 g/mol. The molecule has 31 heavy (non-hydrogen) atoms. The van der Waals surface area contributed by atoms with Crippen LogP contribution in [0.5, 0.6) is 0 Å². The van der Waals surface area contributed by atoms with E-state index in [2.05, 4.69) is 109 Å². The van der Waals surface area contributed by atoms with Crippen LogP contribution in [0.15, 0.2) is 0 Å². The van der Waals surface area contributed by atoms with E-state index in [9.17, 15) is 0 Å². The SMILES string of the molecule is C[CH2][Al-]1[C@@]2(C(C)(C)C)P3C(C(C)(C)C)=PP2(=C([PH+](CC)CC)C(C)(C)C)[C@]13C(C)(C)C. The predicted molar refractivity (Wildman–Crippen MR) is 160 cm³/mol. The highest BCUT2D eigenvalue weighted by atomic mass is 32.1. The molecule has 5 rings (SSSR count). The molecule has 3 saturated heterocycles. The molecule has 0 aromatic carbocycles. The Morgan fingerprint density at radius 2 is 1.26 bits per heavy atom. The van der Waals surface area contributed by atoms with Gasteiger partial charge < -0.3 is 0 Å². The van der Waals surface area contributed by atoms with Gasteiger partial charge >= 0.3 is 0 Å². The Bertz CT molecular complexity index is 805. The summed E-state index contributed by atoms with van der Waals surface area (Å²) in [5.74, 6) is 0. The van der Waals surface area contributed by atoms with Crippen molar-refractivity contribution in [1.29, 1.82) is 0 Å². The number of hydrogen-bond donors (Lipinski definition) is 0. The van der Waals surface area contributed by atoms with Crippen LogP contribution in [0.3, 0.4) is 0 Å². The van der Waals surface area contributed by atoms with Crippen molar-refractivity contribution in [2.45, 2.75) is 117 Å². The first-order chi connectivity index (χ1) is 13.8. The maximum absolute atomic E-state index is 2.68. The molecule has 0 spiro atoms. The summed E-state index contributed by atoms with van der Waals surface area (Å²) < 4.78 is 1.51. The summed E-state index contributed by atoms with van der Waals surface area (Å²) >= 11 is -0.875. The zero-order valence-electron chi connectivity index (χ0n) is 23.5. The van der Waals surface area contributed by atoms with Gasteiger partial charge in [-0.05, 0) is 24.3 Å². The minimum Gasteiger partial charge on any atom is -0.221 e. The second-order valence-corrected chi connectivity index (χ2v) is 33.4. The normalized spacial score (nSPS) is 36.3. The third kappa shape index (κ3) is 2.91. The van der Waals surface area contributed by atoms with Crippen LogP contribution in [-0.2, 0) is 0 Å². The van der Waals surface area contributed by atoms with E-state index < -0.39 is 28.6 Å². The van der Waals surface area contributed by atoms with Crippen LogP contribution >= 0.6 is 30.3 Å². The van der Waals surface area contributed by atoms with Gasteiger partial charge in [0, 0.05) is 27.5 Å². The van der Waals surface area contributed by atoms with Gasteiger partial charge in [-0.3, -0.25) is 0 Å². The highest BCUT2D eigenvalue weighted by Crippen LogP contribution is 3.21. The molecule has 4 atom stereocenters. The van der Waals surface area contributed by atoms with Crippen molar-refractivity contribution < 1.29 is 0 Å². The Hall–Kier alpha value is 1.86. The standard InChI is InChI=1S/C24H46P4.C2H5.Al/c1-15-26(16-2)18(22(6,7)8)28-19(23(9,10)11)27(20(28)24(12,13)14)17(25-28)21(3,4)5;1-2;/h15-16H2,1-14H3;1H2,2H3;/q;;-1/p+1. The third-order valence-electron chi connectivity index (χ3n) is 8.61. The lowest BCUT2D eigenvalue weighted by Crippen LogP contribution is -2.88. The van der Waals surface area contributed by atoms with Crippen molar-refractivity contribution in [2.75, 3.05) is 12.3 Å². The van der Waals surface area contributed by atoms with Crippen molar-refractivity contribution in [2.24, 2.45) is 21.7 Å². The lowest BCUT2D eigenvalue weighted by Gasteiger charge is -3.02. The minimum absolute atomic E-state index is 0.0212. The van der Waals surface area contributed by atoms with Crippen LogP contribution in [0.4, 0.5) is 0 Å². The van der Waals surface area contributed by atoms with Crippen LogP contribution in [0.25, 0.3) is 0 Å². The molecule has 0 aromatic rings. The highest BCUT2D eigenvalue weighted by molar-refractivity contribution is 8.55. The lowest BCUT2D eigenvalue weighted by atomic mass is 9.96. The van der Waals surface area contributed by atoms with Gasteiger partial charge in [-0.1, -0.05) is 108 Å². The smallest absolute Gasteiger partial charge is 0.0716 e. The quantitative estimate of drug-likeness (QED) is 0.258. The summed E-state index contributed by atoms with van der Waals surface area (Å²) in [4.78, 5) is 0. The molecular formula is C26H52AlP4. The molecule has 0 N–H and O–H groups in total. The van der Waals surface area contributed by atoms with Gasteiger partial charge in [0.2, 0.25) is 0 Å². The molecule has 0 aromatic heterocycles. The van der Waals surface area contributed by atoms with E-state index in [1.54, 1.807) is 0 Å². The fourth-order valence-electron chi connectivity index (χ4n) is 8.30. The lowest BCUT2D eigenvalue weighted by molar-refractivity contribution is 0.326. The predicted octanol–water partition coefficient (Wildman–Crippen LogP) is 10.1. The van der Waals surface area contributed by atoms with E-state index in [0.29, 0.717) is 21.7 Å². The zero-order chi connectivity index (χ0) is 24.2. The Kier molecular flexibility index (Phi) is 6.80. The summed E-state index contributed by atoms with van der Waals surface area (Å²) in [6, 6.07) is 0. The molecule has 5 aliphatic heterocycles. The van der Waals surface area contributed by atoms with Crippen LogP contribution in [0, 0.1) is 21.7 Å². The van der Waals surface area contributed by atoms with Gasteiger partial charge in [-0.2, -0.15) is 0 Å². The number of hydrogen-bond acceptors (Lipinski definition) is 0. The van der Waals surface area contributed by atoms with Gasteiger partial charge in [0.25, 0.3) is 0 Å². The van der Waals surface area contributed by atoms with Crippen LogP contribution in [0.1, 0.15) is 104 Å². The molecule has 0 nitrogen and oxygen atoms in total. The van der Waals surface area contributed by atoms with E-state index in [1.165, 1.54) is 17.6 Å². The molecule has 0 saturated carbocycles. The van der Waals surface area contributed by atoms with Crippen molar-refractivity contribution in [3.63, 3.8) is 0 Å². The molecule has 3 fully saturated rings. The van der Waals surface area contributed by atoms with Gasteiger partial charge in [0.05, 0.1) is 17.4 Å². The van der Waals surface area contributed by atoms with Crippen molar-refractivity contribution in [1.82, 2.24) is 0 Å². The van der Waals surface area contributed by atoms with Crippen molar-refractivity contribution in [3.8, 4) is 0 Å². The molecule has 2 unspecified atom stereocenters. The Morgan fingerprint density at radius 1 is 0.839 bits per heavy atom. The van der Waals surface area contributed by atoms with Crippen LogP contribution in [0.2, 0.25) is 5.28 Å². The fraction of sp³-hybridized carbons (Fsp3) is 0.923. The summed E-state index contributed by atoms with van der Waals surface area (Å²) in [6.45, 7) is 38.1. The molecule has 0 aliphatic carbocycles. The van der Waals surface area contributed by atoms with Crippen LogP contribution < -0.4 is 0 Å². The van der Waals surface area contributed by atoms with E-state index in [-0.39, 0.29) is 7.92 Å². The average Bonchev–Trinajstić information content (AvgIpc) is 2.95. The fourth-order valence-corrected chi connectivity index (χ4v) is 64.9. The van der Waals surface area contributed by atoms with E-state index >= 15 is 0 Å². The first kappa shape index (κ1) is 27.5. The summed E-state index contributed by atoms with van der Waals surface area (Å²) in [6.07, 6.45) is 2.87. The topological polar surface area (TPSA) is 0 Å². The van der Waals surface area contributed by atoms with Crippen molar-refractivity contribution >= 4 is 54.5 Å². The Labute approximate surface area is 204 Å². The second-order valence-electron chi connectivity index (χ2n) is 14.5. The first-order valence-corrected chi connectivity index (χ1v) is 21.4. The molecule has 5 heteroatoms. The maximum atomic E-state index is 2.68. The molecule has 1 radical (unpaired) electrons. The summed E-state index contributed by atoms with van der Waals surface area (Å²) in [5, 5.41) is 5.78. The largest absolute Gasteiger partial charge is 0.221 e. The molecule has 0 amide bonds. The van der Waals surface area contributed by atoms with E-state index in [4.69, 9.17) is 0 Å². The van der Waals surface area contributed by atoms with Crippen molar-refractivity contribution in [3.05, 3.63) is 0 Å². The molecule has 5 heterocycles. The number of rotatable bonds is 4. The first-order valence-electron chi connectivity index (χ1n) is 12.8.